The van der Waals surface area contributed by atoms with Crippen molar-refractivity contribution in [1.29, 1.82) is 5.26 Å². The average Bonchev–Trinajstić information content (AvgIpc) is 2.54. The zero-order valence-electron chi connectivity index (χ0n) is 12.7. The molecule has 2 aromatic heterocycles. The van der Waals surface area contributed by atoms with Crippen LogP contribution in [-0.4, -0.2) is 33.3 Å². The van der Waals surface area contributed by atoms with Crippen LogP contribution in [0, 0.1) is 17.2 Å². The molecule has 1 aliphatic rings. The molecule has 8 heteroatoms. The van der Waals surface area contributed by atoms with Crippen LogP contribution in [0.5, 0.6) is 0 Å². The van der Waals surface area contributed by atoms with Gasteiger partial charge in [-0.25, -0.2) is 4.79 Å². The molecule has 1 atom stereocenters. The standard InChI is InChI=1S/C15H16N6O2/c1-9-3-2-4-21(8-9)13-5-11(19-20-12(13)6-16)10-7-17-15(23)18-14(10)22/h5,7,9H,2-4,8H2,1H3,(H2,17,18,22,23)/t9-/m0/s1. The van der Waals surface area contributed by atoms with Gasteiger partial charge in [-0.15, -0.1) is 10.2 Å². The number of aromatic nitrogens is 4. The molecule has 0 aliphatic carbocycles. The third kappa shape index (κ3) is 2.99. The summed E-state index contributed by atoms with van der Waals surface area (Å²) in [5, 5.41) is 17.2. The molecule has 0 spiro atoms. The van der Waals surface area contributed by atoms with Gasteiger partial charge < -0.3 is 9.88 Å². The summed E-state index contributed by atoms with van der Waals surface area (Å²) >= 11 is 0. The van der Waals surface area contributed by atoms with Gasteiger partial charge in [0.05, 0.1) is 11.3 Å². The van der Waals surface area contributed by atoms with Crippen LogP contribution < -0.4 is 16.1 Å². The molecule has 2 aromatic rings. The van der Waals surface area contributed by atoms with Crippen molar-refractivity contribution >= 4 is 5.69 Å². The Hall–Kier alpha value is -2.95. The molecule has 0 radical (unpaired) electrons. The normalized spacial score (nSPS) is 17.7. The first-order chi connectivity index (χ1) is 11.1. The lowest BCUT2D eigenvalue weighted by atomic mass is 9.99. The van der Waals surface area contributed by atoms with E-state index in [4.69, 9.17) is 0 Å². The lowest BCUT2D eigenvalue weighted by molar-refractivity contribution is 0.446. The summed E-state index contributed by atoms with van der Waals surface area (Å²) in [7, 11) is 0. The van der Waals surface area contributed by atoms with Gasteiger partial charge in [0.25, 0.3) is 5.56 Å². The molecule has 0 bridgehead atoms. The van der Waals surface area contributed by atoms with Crippen molar-refractivity contribution in [2.24, 2.45) is 5.92 Å². The van der Waals surface area contributed by atoms with E-state index in [1.54, 1.807) is 6.07 Å². The Balaban J connectivity index is 2.07. The Labute approximate surface area is 131 Å². The van der Waals surface area contributed by atoms with Gasteiger partial charge in [-0.3, -0.25) is 9.78 Å². The van der Waals surface area contributed by atoms with E-state index in [2.05, 4.69) is 38.1 Å². The number of hydrogen-bond donors (Lipinski definition) is 2. The number of hydrogen-bond acceptors (Lipinski definition) is 6. The average molecular weight is 312 g/mol. The van der Waals surface area contributed by atoms with Crippen LogP contribution in [-0.2, 0) is 0 Å². The van der Waals surface area contributed by atoms with Crippen molar-refractivity contribution in [1.82, 2.24) is 20.2 Å². The number of H-pyrrole nitrogens is 2. The Morgan fingerprint density at radius 2 is 2.22 bits per heavy atom. The molecule has 0 amide bonds. The van der Waals surface area contributed by atoms with Crippen molar-refractivity contribution in [3.63, 3.8) is 0 Å². The largest absolute Gasteiger partial charge is 0.369 e. The molecule has 0 aromatic carbocycles. The first kappa shape index (κ1) is 15.0. The van der Waals surface area contributed by atoms with E-state index < -0.39 is 11.2 Å². The van der Waals surface area contributed by atoms with E-state index in [0.29, 0.717) is 17.3 Å². The topological polar surface area (TPSA) is 119 Å². The first-order valence-electron chi connectivity index (χ1n) is 7.43. The van der Waals surface area contributed by atoms with Crippen LogP contribution in [0.2, 0.25) is 0 Å². The van der Waals surface area contributed by atoms with Crippen LogP contribution in [0.15, 0.2) is 21.9 Å². The summed E-state index contributed by atoms with van der Waals surface area (Å²) in [6.45, 7) is 3.84. The second-order valence-electron chi connectivity index (χ2n) is 5.75. The SMILES string of the molecule is C[C@H]1CCCN(c2cc(-c3c[nH]c(=O)[nH]c3=O)nnc2C#N)C1. The van der Waals surface area contributed by atoms with E-state index in [1.807, 2.05) is 0 Å². The zero-order chi connectivity index (χ0) is 16.4. The molecule has 23 heavy (non-hydrogen) atoms. The molecule has 3 heterocycles. The van der Waals surface area contributed by atoms with Gasteiger partial charge in [-0.05, 0) is 24.8 Å². The molecule has 0 saturated carbocycles. The predicted octanol–water partition coefficient (Wildman–Crippen LogP) is 0.628. The fourth-order valence-corrected chi connectivity index (χ4v) is 2.84. The maximum atomic E-state index is 11.9. The van der Waals surface area contributed by atoms with Crippen molar-refractivity contribution in [2.75, 3.05) is 18.0 Å². The predicted molar refractivity (Wildman–Crippen MR) is 84.0 cm³/mol. The Kier molecular flexibility index (Phi) is 3.93. The van der Waals surface area contributed by atoms with Crippen LogP contribution >= 0.6 is 0 Å². The Morgan fingerprint density at radius 3 is 2.91 bits per heavy atom. The zero-order valence-corrected chi connectivity index (χ0v) is 12.7. The monoisotopic (exact) mass is 312 g/mol. The van der Waals surface area contributed by atoms with Crippen LogP contribution in [0.1, 0.15) is 25.5 Å². The summed E-state index contributed by atoms with van der Waals surface area (Å²) in [6, 6.07) is 3.74. The molecule has 1 saturated heterocycles. The minimum absolute atomic E-state index is 0.216. The van der Waals surface area contributed by atoms with Crippen LogP contribution in [0.25, 0.3) is 11.3 Å². The van der Waals surface area contributed by atoms with Gasteiger partial charge in [0.2, 0.25) is 0 Å². The molecule has 1 fully saturated rings. The highest BCUT2D eigenvalue weighted by Crippen LogP contribution is 2.27. The number of nitrogens with zero attached hydrogens (tertiary/aromatic N) is 4. The molecule has 8 nitrogen and oxygen atoms in total. The highest BCUT2D eigenvalue weighted by Gasteiger charge is 2.21. The number of aromatic amines is 2. The second kappa shape index (κ2) is 6.04. The lowest BCUT2D eigenvalue weighted by Gasteiger charge is -2.32. The highest BCUT2D eigenvalue weighted by atomic mass is 16.2. The van der Waals surface area contributed by atoms with E-state index in [-0.39, 0.29) is 11.3 Å². The quantitative estimate of drug-likeness (QED) is 0.839. The number of nitriles is 1. The summed E-state index contributed by atoms with van der Waals surface area (Å²) in [4.78, 5) is 29.7. The molecular weight excluding hydrogens is 296 g/mol. The molecule has 0 unspecified atom stereocenters. The minimum Gasteiger partial charge on any atom is -0.369 e. The van der Waals surface area contributed by atoms with Crippen molar-refractivity contribution in [3.05, 3.63) is 38.8 Å². The number of anilines is 1. The third-order valence-electron chi connectivity index (χ3n) is 3.97. The second-order valence-corrected chi connectivity index (χ2v) is 5.75. The maximum Gasteiger partial charge on any atom is 0.325 e. The van der Waals surface area contributed by atoms with E-state index in [1.165, 1.54) is 6.20 Å². The summed E-state index contributed by atoms with van der Waals surface area (Å²) in [5.74, 6) is 0.531. The lowest BCUT2D eigenvalue weighted by Crippen LogP contribution is -2.35. The van der Waals surface area contributed by atoms with Crippen molar-refractivity contribution < 1.29 is 0 Å². The van der Waals surface area contributed by atoms with Gasteiger partial charge >= 0.3 is 5.69 Å². The number of rotatable bonds is 2. The smallest absolute Gasteiger partial charge is 0.325 e. The number of piperidine rings is 1. The van der Waals surface area contributed by atoms with Gasteiger partial charge in [0.1, 0.15) is 11.8 Å². The first-order valence-corrected chi connectivity index (χ1v) is 7.43. The summed E-state index contributed by atoms with van der Waals surface area (Å²) in [5.41, 5.74) is 0.345. The van der Waals surface area contributed by atoms with Gasteiger partial charge in [-0.1, -0.05) is 6.92 Å². The third-order valence-corrected chi connectivity index (χ3v) is 3.97. The molecule has 3 rings (SSSR count). The van der Waals surface area contributed by atoms with E-state index in [0.717, 1.165) is 25.9 Å². The molecule has 1 aliphatic heterocycles. The van der Waals surface area contributed by atoms with Crippen LogP contribution in [0.3, 0.4) is 0 Å². The fourth-order valence-electron chi connectivity index (χ4n) is 2.84. The van der Waals surface area contributed by atoms with Crippen molar-refractivity contribution in [3.8, 4) is 17.3 Å². The number of nitrogens with one attached hydrogen (secondary N) is 2. The highest BCUT2D eigenvalue weighted by molar-refractivity contribution is 5.66. The molecule has 118 valence electrons. The Bertz CT molecular complexity index is 879. The summed E-state index contributed by atoms with van der Waals surface area (Å²) < 4.78 is 0. The van der Waals surface area contributed by atoms with E-state index in [9.17, 15) is 14.9 Å². The molecular formula is C15H16N6O2. The minimum atomic E-state index is -0.578. The molecule has 2 N–H and O–H groups in total. The fraction of sp³-hybridized carbons (Fsp3) is 0.400. The van der Waals surface area contributed by atoms with Gasteiger partial charge in [-0.2, -0.15) is 5.26 Å². The van der Waals surface area contributed by atoms with Gasteiger partial charge in [0.15, 0.2) is 5.69 Å². The maximum absolute atomic E-state index is 11.9. The Morgan fingerprint density at radius 1 is 1.39 bits per heavy atom. The van der Waals surface area contributed by atoms with Crippen molar-refractivity contribution in [2.45, 2.75) is 19.8 Å². The summed E-state index contributed by atoms with van der Waals surface area (Å²) in [6.07, 6.45) is 3.51. The van der Waals surface area contributed by atoms with E-state index >= 15 is 0 Å². The van der Waals surface area contributed by atoms with Crippen LogP contribution in [0.4, 0.5) is 5.69 Å². The van der Waals surface area contributed by atoms with Gasteiger partial charge in [0, 0.05) is 19.3 Å².